The van der Waals surface area contributed by atoms with E-state index >= 15 is 0 Å². The van der Waals surface area contributed by atoms with Crippen LogP contribution in [-0.4, -0.2) is 30.6 Å². The number of amides is 4. The van der Waals surface area contributed by atoms with Crippen LogP contribution in [0.1, 0.15) is 32.8 Å². The highest BCUT2D eigenvalue weighted by atomic mass is 79.9. The van der Waals surface area contributed by atoms with Crippen molar-refractivity contribution < 1.29 is 23.9 Å². The van der Waals surface area contributed by atoms with Gasteiger partial charge in [0.15, 0.2) is 0 Å². The maximum Gasteiger partial charge on any atom is 0.336 e. The second kappa shape index (κ2) is 9.78. The second-order valence-electron chi connectivity index (χ2n) is 6.89. The molecule has 0 aliphatic carbocycles. The van der Waals surface area contributed by atoms with Gasteiger partial charge in [0.1, 0.15) is 17.1 Å². The van der Waals surface area contributed by atoms with Gasteiger partial charge in [-0.25, -0.2) is 9.69 Å². The first-order valence-corrected chi connectivity index (χ1v) is 10.7. The Labute approximate surface area is 189 Å². The number of anilines is 1. The highest BCUT2D eigenvalue weighted by molar-refractivity contribution is 9.10. The quantitative estimate of drug-likeness (QED) is 0.453. The van der Waals surface area contributed by atoms with Gasteiger partial charge in [0.2, 0.25) is 0 Å². The Balaban J connectivity index is 1.95. The molecule has 4 amide bonds. The summed E-state index contributed by atoms with van der Waals surface area (Å²) in [5.74, 6) is -0.442. The Morgan fingerprint density at radius 2 is 1.84 bits per heavy atom. The third-order valence-corrected chi connectivity index (χ3v) is 5.30. The van der Waals surface area contributed by atoms with E-state index < -0.39 is 17.8 Å². The highest BCUT2D eigenvalue weighted by Crippen LogP contribution is 2.32. The van der Waals surface area contributed by atoms with Crippen LogP contribution in [0.2, 0.25) is 0 Å². The molecule has 0 aromatic heterocycles. The van der Waals surface area contributed by atoms with E-state index in [1.165, 1.54) is 6.08 Å². The number of halogens is 1. The fourth-order valence-corrected chi connectivity index (χ4v) is 3.45. The van der Waals surface area contributed by atoms with Crippen molar-refractivity contribution in [2.24, 2.45) is 0 Å². The summed E-state index contributed by atoms with van der Waals surface area (Å²) in [5.41, 5.74) is 0.714. The number of barbiturate groups is 1. The molecule has 1 fully saturated rings. The summed E-state index contributed by atoms with van der Waals surface area (Å²) in [6, 6.07) is 11.1. The number of urea groups is 1. The number of carbonyl (C=O) groups is 3. The number of imide groups is 2. The molecule has 1 N–H and O–H groups in total. The zero-order valence-corrected chi connectivity index (χ0v) is 19.1. The molecule has 31 heavy (non-hydrogen) atoms. The average Bonchev–Trinajstić information content (AvgIpc) is 2.74. The van der Waals surface area contributed by atoms with Crippen molar-refractivity contribution in [1.82, 2.24) is 5.32 Å². The normalized spacial score (nSPS) is 16.3. The smallest absolute Gasteiger partial charge is 0.336 e. The minimum absolute atomic E-state index is 0.0520. The van der Waals surface area contributed by atoms with Crippen LogP contribution in [0, 0.1) is 0 Å². The van der Waals surface area contributed by atoms with E-state index in [1.54, 1.807) is 49.4 Å². The molecule has 0 radical (unpaired) electrons. The van der Waals surface area contributed by atoms with Crippen LogP contribution < -0.4 is 19.7 Å². The third-order valence-electron chi connectivity index (χ3n) is 4.68. The summed E-state index contributed by atoms with van der Waals surface area (Å²) in [4.78, 5) is 38.9. The number of rotatable bonds is 7. The van der Waals surface area contributed by atoms with Crippen molar-refractivity contribution in [1.29, 1.82) is 0 Å². The molecule has 2 aromatic rings. The number of benzene rings is 2. The third kappa shape index (κ3) is 4.96. The van der Waals surface area contributed by atoms with Gasteiger partial charge in [-0.15, -0.1) is 0 Å². The van der Waals surface area contributed by atoms with Gasteiger partial charge >= 0.3 is 6.03 Å². The summed E-state index contributed by atoms with van der Waals surface area (Å²) in [6.07, 6.45) is 2.36. The molecule has 7 nitrogen and oxygen atoms in total. The number of carbonyl (C=O) groups excluding carboxylic acids is 3. The Morgan fingerprint density at radius 1 is 1.10 bits per heavy atom. The van der Waals surface area contributed by atoms with E-state index in [1.807, 2.05) is 13.8 Å². The molecule has 3 rings (SSSR count). The first kappa shape index (κ1) is 22.6. The van der Waals surface area contributed by atoms with Crippen molar-refractivity contribution in [2.75, 3.05) is 11.5 Å². The van der Waals surface area contributed by atoms with Gasteiger partial charge in [-0.2, -0.15) is 0 Å². The lowest BCUT2D eigenvalue weighted by atomic mass is 10.1. The average molecular weight is 487 g/mol. The van der Waals surface area contributed by atoms with Gasteiger partial charge in [0.25, 0.3) is 11.8 Å². The van der Waals surface area contributed by atoms with Crippen molar-refractivity contribution in [3.05, 3.63) is 58.1 Å². The fraction of sp³-hybridized carbons (Fsp3) is 0.261. The summed E-state index contributed by atoms with van der Waals surface area (Å²) in [7, 11) is 0. The first-order valence-electron chi connectivity index (χ1n) is 9.95. The Bertz CT molecular complexity index is 1050. The standard InChI is InChI=1S/C23H23BrN2O5/c1-4-14(3)31-19-11-10-15(13-17(19)24)12-16-21(27)25-23(29)26(22(16)28)18-8-6-7-9-20(18)30-5-2/h6-14H,4-5H2,1-3H3,(H,25,27,29)/b16-12+/t14-/m1/s1. The molecule has 8 heteroatoms. The predicted octanol–water partition coefficient (Wildman–Crippen LogP) is 4.69. The minimum atomic E-state index is -0.821. The van der Waals surface area contributed by atoms with Crippen LogP contribution in [0.3, 0.4) is 0 Å². The summed E-state index contributed by atoms with van der Waals surface area (Å²) >= 11 is 3.46. The molecule has 1 saturated heterocycles. The van der Waals surface area contributed by atoms with Crippen molar-refractivity contribution >= 4 is 45.5 Å². The van der Waals surface area contributed by atoms with Gasteiger partial charge in [0.05, 0.1) is 22.9 Å². The molecule has 1 atom stereocenters. The van der Waals surface area contributed by atoms with Gasteiger partial charge in [0, 0.05) is 0 Å². The maximum atomic E-state index is 13.1. The van der Waals surface area contributed by atoms with Gasteiger partial charge in [-0.3, -0.25) is 14.9 Å². The zero-order chi connectivity index (χ0) is 22.5. The van der Waals surface area contributed by atoms with E-state index in [2.05, 4.69) is 21.2 Å². The Hall–Kier alpha value is -3.13. The number of nitrogens with zero attached hydrogens (tertiary/aromatic N) is 1. The summed E-state index contributed by atoms with van der Waals surface area (Å²) in [5, 5.41) is 2.22. The number of ether oxygens (including phenoxy) is 2. The largest absolute Gasteiger partial charge is 0.492 e. The zero-order valence-electron chi connectivity index (χ0n) is 17.5. The number of nitrogens with one attached hydrogen (secondary N) is 1. The van der Waals surface area contributed by atoms with Crippen LogP contribution in [0.5, 0.6) is 11.5 Å². The number of hydrogen-bond acceptors (Lipinski definition) is 5. The van der Waals surface area contributed by atoms with Crippen LogP contribution >= 0.6 is 15.9 Å². The Morgan fingerprint density at radius 3 is 2.52 bits per heavy atom. The topological polar surface area (TPSA) is 84.9 Å². The first-order chi connectivity index (χ1) is 14.8. The molecule has 1 aliphatic heterocycles. The maximum absolute atomic E-state index is 13.1. The van der Waals surface area contributed by atoms with Crippen LogP contribution in [-0.2, 0) is 9.59 Å². The van der Waals surface area contributed by atoms with Gasteiger partial charge < -0.3 is 9.47 Å². The molecule has 1 heterocycles. The number of hydrogen-bond donors (Lipinski definition) is 1. The van der Waals surface area contributed by atoms with Crippen molar-refractivity contribution in [3.8, 4) is 11.5 Å². The second-order valence-corrected chi connectivity index (χ2v) is 7.74. The van der Waals surface area contributed by atoms with E-state index in [0.717, 1.165) is 11.3 Å². The molecule has 2 aromatic carbocycles. The van der Waals surface area contributed by atoms with Crippen molar-refractivity contribution in [2.45, 2.75) is 33.3 Å². The van der Waals surface area contributed by atoms with E-state index in [0.29, 0.717) is 28.1 Å². The van der Waals surface area contributed by atoms with E-state index in [-0.39, 0.29) is 17.4 Å². The summed E-state index contributed by atoms with van der Waals surface area (Å²) in [6.45, 7) is 6.16. The lowest BCUT2D eigenvalue weighted by molar-refractivity contribution is -0.122. The molecule has 1 aliphatic rings. The van der Waals surface area contributed by atoms with Gasteiger partial charge in [-0.05, 0) is 72.1 Å². The Kier molecular flexibility index (Phi) is 7.12. The molecule has 162 valence electrons. The van der Waals surface area contributed by atoms with E-state index in [4.69, 9.17) is 9.47 Å². The van der Waals surface area contributed by atoms with Crippen LogP contribution in [0.25, 0.3) is 6.08 Å². The highest BCUT2D eigenvalue weighted by Gasteiger charge is 2.38. The van der Waals surface area contributed by atoms with E-state index in [9.17, 15) is 14.4 Å². The van der Waals surface area contributed by atoms with Crippen molar-refractivity contribution in [3.63, 3.8) is 0 Å². The summed E-state index contributed by atoms with van der Waals surface area (Å²) < 4.78 is 12.1. The van der Waals surface area contributed by atoms with Gasteiger partial charge in [-0.1, -0.05) is 25.1 Å². The van der Waals surface area contributed by atoms with Crippen LogP contribution in [0.4, 0.5) is 10.5 Å². The molecule has 0 unspecified atom stereocenters. The monoisotopic (exact) mass is 486 g/mol. The molecule has 0 bridgehead atoms. The minimum Gasteiger partial charge on any atom is -0.492 e. The molecular weight excluding hydrogens is 464 g/mol. The SMILES string of the molecule is CCOc1ccccc1N1C(=O)NC(=O)/C(=C\c2ccc(O[C@H](C)CC)c(Br)c2)C1=O. The fourth-order valence-electron chi connectivity index (χ4n) is 2.96. The lowest BCUT2D eigenvalue weighted by Gasteiger charge is -2.27. The number of para-hydroxylation sites is 2. The predicted molar refractivity (Wildman–Crippen MR) is 121 cm³/mol. The van der Waals surface area contributed by atoms with Crippen LogP contribution in [0.15, 0.2) is 52.5 Å². The molecular formula is C23H23BrN2O5. The molecule has 0 spiro atoms. The molecule has 0 saturated carbocycles. The lowest BCUT2D eigenvalue weighted by Crippen LogP contribution is -2.54.